The number of ether oxygens (including phenoxy) is 1. The van der Waals surface area contributed by atoms with Crippen molar-refractivity contribution in [1.82, 2.24) is 9.80 Å². The molecule has 1 aromatic rings. The number of hydrogen-bond donors (Lipinski definition) is 1. The van der Waals surface area contributed by atoms with Crippen molar-refractivity contribution in [2.24, 2.45) is 0 Å². The average Bonchev–Trinajstić information content (AvgIpc) is 2.66. The van der Waals surface area contributed by atoms with Crippen LogP contribution in [0.1, 0.15) is 13.3 Å². The minimum atomic E-state index is -0.479. The summed E-state index contributed by atoms with van der Waals surface area (Å²) in [6, 6.07) is 6.30. The second-order valence-electron chi connectivity index (χ2n) is 5.58. The van der Waals surface area contributed by atoms with E-state index in [4.69, 9.17) is 11.6 Å². The van der Waals surface area contributed by atoms with Crippen molar-refractivity contribution in [3.05, 3.63) is 29.3 Å². The Kier molecular flexibility index (Phi) is 6.03. The van der Waals surface area contributed by atoms with E-state index in [1.54, 1.807) is 29.2 Å². The van der Waals surface area contributed by atoms with Crippen LogP contribution in [0.15, 0.2) is 24.3 Å². The van der Waals surface area contributed by atoms with Crippen LogP contribution in [-0.2, 0) is 14.3 Å². The Bertz CT molecular complexity index is 638. The van der Waals surface area contributed by atoms with Gasteiger partial charge < -0.3 is 19.9 Å². The number of carbonyl (C=O) groups excluding carboxylic acids is 3. The maximum atomic E-state index is 12.5. The largest absolute Gasteiger partial charge is 0.468 e. The molecule has 0 aromatic heterocycles. The zero-order valence-corrected chi connectivity index (χ0v) is 14.4. The number of methoxy groups -OCH3 is 1. The third-order valence-corrected chi connectivity index (χ3v) is 4.06. The van der Waals surface area contributed by atoms with E-state index >= 15 is 0 Å². The number of halogens is 1. The first kappa shape index (κ1) is 18.1. The zero-order chi connectivity index (χ0) is 17.7. The average molecular weight is 354 g/mol. The SMILES string of the molecule is COC(=O)CN1C[C@@H](C)N(C(=O)Nc2cccc(Cl)c2)CCC1=O. The quantitative estimate of drug-likeness (QED) is 0.842. The third kappa shape index (κ3) is 4.61. The normalized spacial score (nSPS) is 18.1. The van der Waals surface area contributed by atoms with Crippen LogP contribution in [0, 0.1) is 0 Å². The minimum absolute atomic E-state index is 0.108. The number of nitrogens with one attached hydrogen (secondary N) is 1. The van der Waals surface area contributed by atoms with Gasteiger partial charge in [-0.2, -0.15) is 0 Å². The van der Waals surface area contributed by atoms with E-state index in [2.05, 4.69) is 10.1 Å². The Morgan fingerprint density at radius 2 is 2.17 bits per heavy atom. The number of rotatable bonds is 3. The minimum Gasteiger partial charge on any atom is -0.468 e. The number of esters is 1. The number of anilines is 1. The molecule has 1 fully saturated rings. The lowest BCUT2D eigenvalue weighted by Crippen LogP contribution is -2.45. The Labute approximate surface area is 145 Å². The summed E-state index contributed by atoms with van der Waals surface area (Å²) < 4.78 is 4.60. The van der Waals surface area contributed by atoms with E-state index in [0.29, 0.717) is 10.7 Å². The maximum Gasteiger partial charge on any atom is 0.325 e. The monoisotopic (exact) mass is 353 g/mol. The lowest BCUT2D eigenvalue weighted by atomic mass is 10.2. The van der Waals surface area contributed by atoms with Crippen molar-refractivity contribution in [3.8, 4) is 0 Å². The van der Waals surface area contributed by atoms with Crippen LogP contribution >= 0.6 is 11.6 Å². The Morgan fingerprint density at radius 3 is 2.83 bits per heavy atom. The van der Waals surface area contributed by atoms with Crippen LogP contribution in [0.4, 0.5) is 10.5 Å². The Morgan fingerprint density at radius 1 is 1.42 bits per heavy atom. The van der Waals surface area contributed by atoms with E-state index in [0.717, 1.165) is 0 Å². The highest BCUT2D eigenvalue weighted by Crippen LogP contribution is 2.17. The molecule has 0 spiro atoms. The van der Waals surface area contributed by atoms with E-state index in [-0.39, 0.29) is 44.0 Å². The molecule has 7 nitrogen and oxygen atoms in total. The van der Waals surface area contributed by atoms with Gasteiger partial charge in [-0.3, -0.25) is 9.59 Å². The van der Waals surface area contributed by atoms with Crippen LogP contribution in [0.3, 0.4) is 0 Å². The van der Waals surface area contributed by atoms with Crippen LogP contribution in [0.5, 0.6) is 0 Å². The van der Waals surface area contributed by atoms with Gasteiger partial charge in [0.2, 0.25) is 5.91 Å². The molecule has 0 aliphatic carbocycles. The van der Waals surface area contributed by atoms with Gasteiger partial charge in [0.25, 0.3) is 0 Å². The molecule has 130 valence electrons. The topological polar surface area (TPSA) is 79.0 Å². The fourth-order valence-corrected chi connectivity index (χ4v) is 2.74. The molecule has 1 aliphatic heterocycles. The van der Waals surface area contributed by atoms with Crippen molar-refractivity contribution in [1.29, 1.82) is 0 Å². The summed E-state index contributed by atoms with van der Waals surface area (Å²) in [5.74, 6) is -0.655. The van der Waals surface area contributed by atoms with Crippen molar-refractivity contribution >= 4 is 35.2 Å². The van der Waals surface area contributed by atoms with Crippen molar-refractivity contribution in [3.63, 3.8) is 0 Å². The summed E-state index contributed by atoms with van der Waals surface area (Å²) in [7, 11) is 1.28. The highest BCUT2D eigenvalue weighted by molar-refractivity contribution is 6.30. The van der Waals surface area contributed by atoms with Gasteiger partial charge in [0.1, 0.15) is 6.54 Å². The Hall–Kier alpha value is -2.28. The number of amides is 3. The standard InChI is InChI=1S/C16H20ClN3O4/c1-11-9-19(10-15(22)24-2)14(21)6-7-20(11)16(23)18-13-5-3-4-12(17)8-13/h3-5,8,11H,6-7,9-10H2,1-2H3,(H,18,23)/t11-/m1/s1. The molecule has 0 bridgehead atoms. The predicted octanol–water partition coefficient (Wildman–Crippen LogP) is 1.97. The number of nitrogens with zero attached hydrogens (tertiary/aromatic N) is 2. The van der Waals surface area contributed by atoms with Gasteiger partial charge >= 0.3 is 12.0 Å². The van der Waals surface area contributed by atoms with Crippen molar-refractivity contribution in [2.75, 3.05) is 32.1 Å². The number of hydrogen-bond acceptors (Lipinski definition) is 4. The highest BCUT2D eigenvalue weighted by Gasteiger charge is 2.30. The summed E-state index contributed by atoms with van der Waals surface area (Å²) in [4.78, 5) is 39.0. The smallest absolute Gasteiger partial charge is 0.325 e. The van der Waals surface area contributed by atoms with Crippen LogP contribution in [0.25, 0.3) is 0 Å². The molecule has 1 N–H and O–H groups in total. The van der Waals surface area contributed by atoms with Gasteiger partial charge in [0.15, 0.2) is 0 Å². The lowest BCUT2D eigenvalue weighted by Gasteiger charge is -2.28. The summed E-state index contributed by atoms with van der Waals surface area (Å²) >= 11 is 5.91. The lowest BCUT2D eigenvalue weighted by molar-refractivity contribution is -0.146. The second-order valence-corrected chi connectivity index (χ2v) is 6.02. The van der Waals surface area contributed by atoms with Gasteiger partial charge in [0.05, 0.1) is 7.11 Å². The van der Waals surface area contributed by atoms with Gasteiger partial charge in [-0.15, -0.1) is 0 Å². The molecule has 3 amide bonds. The summed E-state index contributed by atoms with van der Waals surface area (Å²) in [6.45, 7) is 2.28. The van der Waals surface area contributed by atoms with Crippen molar-refractivity contribution < 1.29 is 19.1 Å². The molecule has 1 aromatic carbocycles. The first-order valence-corrected chi connectivity index (χ1v) is 7.96. The van der Waals surface area contributed by atoms with Gasteiger partial charge in [-0.25, -0.2) is 4.79 Å². The molecule has 1 saturated heterocycles. The molecule has 1 atom stereocenters. The van der Waals surface area contributed by atoms with Crippen LogP contribution < -0.4 is 5.32 Å². The number of urea groups is 1. The van der Waals surface area contributed by atoms with Crippen LogP contribution in [-0.4, -0.2) is 60.5 Å². The van der Waals surface area contributed by atoms with Crippen molar-refractivity contribution in [2.45, 2.75) is 19.4 Å². The molecule has 2 rings (SSSR count). The molecule has 24 heavy (non-hydrogen) atoms. The highest BCUT2D eigenvalue weighted by atomic mass is 35.5. The zero-order valence-electron chi connectivity index (χ0n) is 13.6. The third-order valence-electron chi connectivity index (χ3n) is 3.82. The van der Waals surface area contributed by atoms with Gasteiger partial charge in [-0.1, -0.05) is 17.7 Å². The summed E-state index contributed by atoms with van der Waals surface area (Å²) in [5, 5.41) is 3.30. The first-order valence-electron chi connectivity index (χ1n) is 7.58. The van der Waals surface area contributed by atoms with Crippen LogP contribution in [0.2, 0.25) is 5.02 Å². The predicted molar refractivity (Wildman–Crippen MR) is 89.9 cm³/mol. The number of carbonyl (C=O) groups is 3. The van der Waals surface area contributed by atoms with E-state index < -0.39 is 5.97 Å². The molecule has 0 saturated carbocycles. The fraction of sp³-hybridized carbons (Fsp3) is 0.438. The molecule has 0 unspecified atom stereocenters. The maximum absolute atomic E-state index is 12.5. The summed E-state index contributed by atoms with van der Waals surface area (Å²) in [5.41, 5.74) is 0.585. The first-order chi connectivity index (χ1) is 11.4. The van der Waals surface area contributed by atoms with E-state index in [1.165, 1.54) is 12.0 Å². The van der Waals surface area contributed by atoms with Gasteiger partial charge in [-0.05, 0) is 25.1 Å². The van der Waals surface area contributed by atoms with Gasteiger partial charge in [0, 0.05) is 36.3 Å². The molecule has 8 heteroatoms. The van der Waals surface area contributed by atoms with E-state index in [9.17, 15) is 14.4 Å². The molecule has 1 heterocycles. The fourth-order valence-electron chi connectivity index (χ4n) is 2.55. The molecule has 0 radical (unpaired) electrons. The molecular weight excluding hydrogens is 334 g/mol. The Balaban J connectivity index is 2.04. The van der Waals surface area contributed by atoms with E-state index in [1.807, 2.05) is 6.92 Å². The molecular formula is C16H20ClN3O4. The summed E-state index contributed by atoms with van der Waals surface area (Å²) in [6.07, 6.45) is 0.157. The number of benzene rings is 1. The second kappa shape index (κ2) is 8.01. The molecule has 1 aliphatic rings.